The molecule has 1 nitrogen and oxygen atoms in total. The summed E-state index contributed by atoms with van der Waals surface area (Å²) in [5.41, 5.74) is 1.72. The molecule has 84 valence electrons. The Hall–Kier alpha value is -0.240. The van der Waals surface area contributed by atoms with Crippen LogP contribution in [0, 0.1) is 5.92 Å². The van der Waals surface area contributed by atoms with E-state index in [0.29, 0.717) is 27.4 Å². The monoisotopic (exact) mass is 246 g/mol. The Labute approximate surface area is 101 Å². The molecule has 0 bridgehead atoms. The van der Waals surface area contributed by atoms with E-state index >= 15 is 0 Å². The molecule has 1 aromatic rings. The number of rotatable bonds is 3. The molecule has 1 atom stereocenters. The van der Waals surface area contributed by atoms with E-state index in [4.69, 9.17) is 28.3 Å². The van der Waals surface area contributed by atoms with Crippen molar-refractivity contribution in [2.75, 3.05) is 0 Å². The molecular formula is C12H16Cl2O. The van der Waals surface area contributed by atoms with Gasteiger partial charge in [0.2, 0.25) is 0 Å². The molecule has 3 heteroatoms. The summed E-state index contributed by atoms with van der Waals surface area (Å²) in [4.78, 5) is 0. The van der Waals surface area contributed by atoms with Gasteiger partial charge in [0.1, 0.15) is 0 Å². The van der Waals surface area contributed by atoms with Crippen molar-refractivity contribution in [3.05, 3.63) is 33.3 Å². The van der Waals surface area contributed by atoms with Crippen LogP contribution in [0.4, 0.5) is 0 Å². The van der Waals surface area contributed by atoms with Crippen LogP contribution in [0.5, 0.6) is 0 Å². The van der Waals surface area contributed by atoms with Gasteiger partial charge in [0, 0.05) is 10.0 Å². The third kappa shape index (κ3) is 2.87. The largest absolute Gasteiger partial charge is 0.392 e. The number of aliphatic hydroxyl groups excluding tert-OH is 1. The van der Waals surface area contributed by atoms with E-state index in [2.05, 4.69) is 20.8 Å². The van der Waals surface area contributed by atoms with Gasteiger partial charge in [-0.1, -0.05) is 44.0 Å². The highest BCUT2D eigenvalue weighted by Gasteiger charge is 2.16. The van der Waals surface area contributed by atoms with Crippen LogP contribution >= 0.6 is 23.2 Å². The third-order valence-corrected chi connectivity index (χ3v) is 3.48. The minimum atomic E-state index is -0.0722. The van der Waals surface area contributed by atoms with Gasteiger partial charge in [0.25, 0.3) is 0 Å². The van der Waals surface area contributed by atoms with E-state index in [1.165, 1.54) is 0 Å². The second-order valence-corrected chi connectivity index (χ2v) is 4.97. The Kier molecular flexibility index (Phi) is 4.45. The van der Waals surface area contributed by atoms with Crippen LogP contribution in [0.15, 0.2) is 12.1 Å². The Morgan fingerprint density at radius 3 is 2.27 bits per heavy atom. The van der Waals surface area contributed by atoms with Crippen molar-refractivity contribution in [3.63, 3.8) is 0 Å². The molecule has 1 aromatic carbocycles. The Balaban J connectivity index is 3.22. The second kappa shape index (κ2) is 5.20. The van der Waals surface area contributed by atoms with Crippen LogP contribution in [-0.4, -0.2) is 5.11 Å². The summed E-state index contributed by atoms with van der Waals surface area (Å²) in [7, 11) is 0. The second-order valence-electron chi connectivity index (χ2n) is 4.16. The average Bonchev–Trinajstić information content (AvgIpc) is 2.19. The van der Waals surface area contributed by atoms with Crippen LogP contribution in [0.25, 0.3) is 0 Å². The van der Waals surface area contributed by atoms with E-state index in [-0.39, 0.29) is 6.61 Å². The lowest BCUT2D eigenvalue weighted by molar-refractivity contribution is 0.281. The minimum Gasteiger partial charge on any atom is -0.392 e. The lowest BCUT2D eigenvalue weighted by atomic mass is 9.89. The topological polar surface area (TPSA) is 20.2 Å². The quantitative estimate of drug-likeness (QED) is 0.846. The van der Waals surface area contributed by atoms with E-state index < -0.39 is 0 Å². The van der Waals surface area contributed by atoms with Gasteiger partial charge in [0.05, 0.1) is 6.61 Å². The third-order valence-electron chi connectivity index (χ3n) is 2.80. The number of halogens is 2. The van der Waals surface area contributed by atoms with E-state index in [0.717, 1.165) is 5.56 Å². The highest BCUT2D eigenvalue weighted by atomic mass is 35.5. The minimum absolute atomic E-state index is 0.0722. The molecule has 0 aliphatic carbocycles. The van der Waals surface area contributed by atoms with Crippen molar-refractivity contribution in [2.24, 2.45) is 5.92 Å². The molecule has 1 rings (SSSR count). The molecule has 0 fully saturated rings. The SMILES string of the molecule is CC(C)[C@H](C)c1cc(Cl)cc(CO)c1Cl. The number of hydrogen-bond acceptors (Lipinski definition) is 1. The van der Waals surface area contributed by atoms with Crippen molar-refractivity contribution in [1.29, 1.82) is 0 Å². The van der Waals surface area contributed by atoms with Gasteiger partial charge in [-0.15, -0.1) is 0 Å². The molecule has 0 spiro atoms. The molecule has 15 heavy (non-hydrogen) atoms. The summed E-state index contributed by atoms with van der Waals surface area (Å²) < 4.78 is 0. The van der Waals surface area contributed by atoms with Crippen LogP contribution in [0.1, 0.15) is 37.8 Å². The van der Waals surface area contributed by atoms with Gasteiger partial charge in [-0.25, -0.2) is 0 Å². The van der Waals surface area contributed by atoms with Gasteiger partial charge < -0.3 is 5.11 Å². The Morgan fingerprint density at radius 1 is 1.20 bits per heavy atom. The van der Waals surface area contributed by atoms with Crippen LogP contribution in [0.3, 0.4) is 0 Å². The Morgan fingerprint density at radius 2 is 1.80 bits per heavy atom. The molecular weight excluding hydrogens is 231 g/mol. The molecule has 1 N–H and O–H groups in total. The summed E-state index contributed by atoms with van der Waals surface area (Å²) in [6.07, 6.45) is 0. The van der Waals surface area contributed by atoms with Crippen LogP contribution in [0.2, 0.25) is 10.0 Å². The lowest BCUT2D eigenvalue weighted by Gasteiger charge is -2.19. The molecule has 0 aromatic heterocycles. The first kappa shape index (κ1) is 12.8. The molecule has 0 aliphatic heterocycles. The number of aliphatic hydroxyl groups is 1. The smallest absolute Gasteiger partial charge is 0.0697 e. The molecule has 0 radical (unpaired) electrons. The molecule has 0 saturated carbocycles. The van der Waals surface area contributed by atoms with Gasteiger partial charge in [-0.3, -0.25) is 0 Å². The first-order chi connectivity index (χ1) is 6.97. The maximum absolute atomic E-state index is 9.14. The molecule has 0 heterocycles. The Bertz CT molecular complexity index is 348. The molecule has 0 saturated heterocycles. The first-order valence-electron chi connectivity index (χ1n) is 5.06. The van der Waals surface area contributed by atoms with E-state index in [1.807, 2.05) is 6.07 Å². The van der Waals surface area contributed by atoms with Gasteiger partial charge >= 0.3 is 0 Å². The first-order valence-corrected chi connectivity index (χ1v) is 5.81. The van der Waals surface area contributed by atoms with Crippen LogP contribution < -0.4 is 0 Å². The maximum atomic E-state index is 9.14. The zero-order chi connectivity index (χ0) is 11.6. The fourth-order valence-corrected chi connectivity index (χ4v) is 2.06. The number of benzene rings is 1. The molecule has 0 amide bonds. The zero-order valence-electron chi connectivity index (χ0n) is 9.22. The predicted octanol–water partition coefficient (Wildman–Crippen LogP) is 4.25. The maximum Gasteiger partial charge on any atom is 0.0697 e. The standard InChI is InChI=1S/C12H16Cl2O/c1-7(2)8(3)11-5-10(13)4-9(6-15)12(11)14/h4-5,7-8,15H,6H2,1-3H3/t8-/m0/s1. The summed E-state index contributed by atoms with van der Waals surface area (Å²) in [6, 6.07) is 3.59. The van der Waals surface area contributed by atoms with E-state index in [1.54, 1.807) is 6.07 Å². The number of hydrogen-bond donors (Lipinski definition) is 1. The van der Waals surface area contributed by atoms with Crippen molar-refractivity contribution < 1.29 is 5.11 Å². The summed E-state index contributed by atoms with van der Waals surface area (Å²) in [5.74, 6) is 0.828. The average molecular weight is 247 g/mol. The summed E-state index contributed by atoms with van der Waals surface area (Å²) >= 11 is 12.2. The van der Waals surface area contributed by atoms with Crippen molar-refractivity contribution in [3.8, 4) is 0 Å². The summed E-state index contributed by atoms with van der Waals surface area (Å²) in [5, 5.41) is 10.4. The van der Waals surface area contributed by atoms with E-state index in [9.17, 15) is 0 Å². The normalized spacial score (nSPS) is 13.3. The van der Waals surface area contributed by atoms with Gasteiger partial charge in [0.15, 0.2) is 0 Å². The highest BCUT2D eigenvalue weighted by Crippen LogP contribution is 2.34. The van der Waals surface area contributed by atoms with Crippen molar-refractivity contribution >= 4 is 23.2 Å². The van der Waals surface area contributed by atoms with Gasteiger partial charge in [-0.05, 0) is 35.1 Å². The highest BCUT2D eigenvalue weighted by molar-refractivity contribution is 6.34. The van der Waals surface area contributed by atoms with Crippen molar-refractivity contribution in [2.45, 2.75) is 33.3 Å². The van der Waals surface area contributed by atoms with Crippen LogP contribution in [-0.2, 0) is 6.61 Å². The fraction of sp³-hybridized carbons (Fsp3) is 0.500. The zero-order valence-corrected chi connectivity index (χ0v) is 10.7. The molecule has 0 aliphatic rings. The summed E-state index contributed by atoms with van der Waals surface area (Å²) in [6.45, 7) is 6.32. The van der Waals surface area contributed by atoms with Crippen molar-refractivity contribution in [1.82, 2.24) is 0 Å². The lowest BCUT2D eigenvalue weighted by Crippen LogP contribution is -2.04. The molecule has 0 unspecified atom stereocenters. The fourth-order valence-electron chi connectivity index (χ4n) is 1.47. The predicted molar refractivity (Wildman–Crippen MR) is 65.6 cm³/mol. The van der Waals surface area contributed by atoms with Gasteiger partial charge in [-0.2, -0.15) is 0 Å².